The fraction of sp³-hybridized carbons (Fsp3) is 0.292. The lowest BCUT2D eigenvalue weighted by molar-refractivity contribution is -0.141. The minimum atomic E-state index is -0.962. The van der Waals surface area contributed by atoms with Crippen molar-refractivity contribution in [3.8, 4) is 11.3 Å². The van der Waals surface area contributed by atoms with E-state index in [0.29, 0.717) is 16.7 Å². The van der Waals surface area contributed by atoms with Crippen LogP contribution in [-0.2, 0) is 9.59 Å². The van der Waals surface area contributed by atoms with Crippen LogP contribution in [0.15, 0.2) is 60.0 Å². The standard InChI is InChI=1S/C24H23ClN2O3S/c25-20-12-5-4-11-18(20)21-15-31-24(26-21)27-13-7-6-10-17(16-8-2-1-3-9-16)19(23(27)30)14-22(28)29/h1-5,8-9,11-12,15,17,19H,6-7,10,13-14H2,(H,28,29). The molecule has 1 saturated heterocycles. The van der Waals surface area contributed by atoms with E-state index in [0.717, 1.165) is 36.1 Å². The number of halogens is 1. The summed E-state index contributed by atoms with van der Waals surface area (Å²) in [6.45, 7) is 0.534. The Morgan fingerprint density at radius 2 is 1.87 bits per heavy atom. The zero-order valence-corrected chi connectivity index (χ0v) is 18.5. The molecule has 1 aromatic heterocycles. The second kappa shape index (κ2) is 9.62. The van der Waals surface area contributed by atoms with Crippen LogP contribution in [0.25, 0.3) is 11.3 Å². The van der Waals surface area contributed by atoms with Crippen molar-refractivity contribution >= 4 is 39.9 Å². The molecule has 1 fully saturated rings. The van der Waals surface area contributed by atoms with Gasteiger partial charge in [0.15, 0.2) is 5.13 Å². The minimum absolute atomic E-state index is 0.129. The Hall–Kier alpha value is -2.70. The van der Waals surface area contributed by atoms with E-state index in [-0.39, 0.29) is 18.2 Å². The number of carboxylic acids is 1. The molecule has 2 aromatic carbocycles. The number of hydrogen-bond donors (Lipinski definition) is 1. The van der Waals surface area contributed by atoms with E-state index in [9.17, 15) is 14.7 Å². The number of thiazole rings is 1. The van der Waals surface area contributed by atoms with Gasteiger partial charge in [0.1, 0.15) is 0 Å². The zero-order valence-electron chi connectivity index (χ0n) is 16.9. The molecule has 1 N–H and O–H groups in total. The Labute approximate surface area is 190 Å². The number of aliphatic carboxylic acids is 1. The molecule has 0 radical (unpaired) electrons. The van der Waals surface area contributed by atoms with Gasteiger partial charge in [0, 0.05) is 22.5 Å². The summed E-state index contributed by atoms with van der Waals surface area (Å²) >= 11 is 7.70. The molecular formula is C24H23ClN2O3S. The van der Waals surface area contributed by atoms with Gasteiger partial charge in [0.25, 0.3) is 0 Å². The fourth-order valence-corrected chi connectivity index (χ4v) is 5.29. The van der Waals surface area contributed by atoms with E-state index >= 15 is 0 Å². The first-order valence-electron chi connectivity index (χ1n) is 10.3. The van der Waals surface area contributed by atoms with Gasteiger partial charge in [-0.3, -0.25) is 14.5 Å². The second-order valence-electron chi connectivity index (χ2n) is 7.70. The lowest BCUT2D eigenvalue weighted by Gasteiger charge is -2.33. The van der Waals surface area contributed by atoms with Crippen molar-refractivity contribution in [2.45, 2.75) is 31.6 Å². The van der Waals surface area contributed by atoms with Gasteiger partial charge in [-0.25, -0.2) is 4.98 Å². The van der Waals surface area contributed by atoms with Crippen LogP contribution >= 0.6 is 22.9 Å². The van der Waals surface area contributed by atoms with Gasteiger partial charge < -0.3 is 5.11 Å². The Kier molecular flexibility index (Phi) is 6.68. The summed E-state index contributed by atoms with van der Waals surface area (Å²) in [6, 6.07) is 17.2. The number of hydrogen-bond acceptors (Lipinski definition) is 4. The van der Waals surface area contributed by atoms with Gasteiger partial charge >= 0.3 is 5.97 Å². The Balaban J connectivity index is 1.68. The third kappa shape index (κ3) is 4.81. The maximum Gasteiger partial charge on any atom is 0.304 e. The van der Waals surface area contributed by atoms with Gasteiger partial charge in [0.05, 0.1) is 18.0 Å². The molecule has 1 aliphatic heterocycles. The number of nitrogens with zero attached hydrogens (tertiary/aromatic N) is 2. The molecule has 5 nitrogen and oxygen atoms in total. The molecule has 2 atom stereocenters. The van der Waals surface area contributed by atoms with Crippen molar-refractivity contribution in [3.63, 3.8) is 0 Å². The fourth-order valence-electron chi connectivity index (χ4n) is 4.21. The zero-order chi connectivity index (χ0) is 21.8. The minimum Gasteiger partial charge on any atom is -0.481 e. The summed E-state index contributed by atoms with van der Waals surface area (Å²) in [5.41, 5.74) is 2.55. The number of benzene rings is 2. The molecule has 0 bridgehead atoms. The van der Waals surface area contributed by atoms with Crippen molar-refractivity contribution < 1.29 is 14.7 Å². The summed E-state index contributed by atoms with van der Waals surface area (Å²) in [5.74, 6) is -1.89. The normalized spacial score (nSPS) is 19.6. The molecule has 31 heavy (non-hydrogen) atoms. The van der Waals surface area contributed by atoms with E-state index in [1.807, 2.05) is 60.0 Å². The van der Waals surface area contributed by atoms with E-state index in [1.165, 1.54) is 11.3 Å². The van der Waals surface area contributed by atoms with E-state index in [1.54, 1.807) is 4.90 Å². The van der Waals surface area contributed by atoms with Crippen LogP contribution in [0.1, 0.15) is 37.2 Å². The van der Waals surface area contributed by atoms with Gasteiger partial charge in [0.2, 0.25) is 5.91 Å². The molecule has 7 heteroatoms. The average Bonchev–Trinajstić information content (AvgIpc) is 3.24. The van der Waals surface area contributed by atoms with Crippen LogP contribution < -0.4 is 4.90 Å². The Morgan fingerprint density at radius 1 is 1.13 bits per heavy atom. The van der Waals surface area contributed by atoms with E-state index in [4.69, 9.17) is 16.6 Å². The molecule has 0 aliphatic carbocycles. The van der Waals surface area contributed by atoms with Crippen LogP contribution in [0, 0.1) is 5.92 Å². The summed E-state index contributed by atoms with van der Waals surface area (Å²) in [4.78, 5) is 31.7. The highest BCUT2D eigenvalue weighted by molar-refractivity contribution is 7.14. The number of aromatic nitrogens is 1. The first-order chi connectivity index (χ1) is 15.0. The van der Waals surface area contributed by atoms with Crippen LogP contribution in [0.4, 0.5) is 5.13 Å². The molecule has 0 spiro atoms. The van der Waals surface area contributed by atoms with Crippen molar-refractivity contribution in [1.82, 2.24) is 4.98 Å². The number of anilines is 1. The molecule has 1 amide bonds. The van der Waals surface area contributed by atoms with Gasteiger partial charge in [-0.15, -0.1) is 11.3 Å². The topological polar surface area (TPSA) is 70.5 Å². The maximum atomic E-state index is 13.6. The quantitative estimate of drug-likeness (QED) is 0.524. The number of carbonyl (C=O) groups excluding carboxylic acids is 1. The predicted molar refractivity (Wildman–Crippen MR) is 124 cm³/mol. The second-order valence-corrected chi connectivity index (χ2v) is 8.95. The molecule has 160 valence electrons. The lowest BCUT2D eigenvalue weighted by atomic mass is 9.79. The molecule has 2 unspecified atom stereocenters. The Bertz CT molecular complexity index is 1070. The number of carboxylic acid groups (broad SMARTS) is 1. The molecule has 0 saturated carbocycles. The molecule has 1 aliphatic rings. The number of amides is 1. The smallest absolute Gasteiger partial charge is 0.304 e. The van der Waals surface area contributed by atoms with Crippen molar-refractivity contribution in [2.75, 3.05) is 11.4 Å². The van der Waals surface area contributed by atoms with Gasteiger partial charge in [-0.2, -0.15) is 0 Å². The highest BCUT2D eigenvalue weighted by Gasteiger charge is 2.37. The third-order valence-corrected chi connectivity index (χ3v) is 6.90. The molecule has 2 heterocycles. The molecule has 3 aromatic rings. The summed E-state index contributed by atoms with van der Waals surface area (Å²) in [6.07, 6.45) is 2.36. The van der Waals surface area contributed by atoms with Crippen LogP contribution in [-0.4, -0.2) is 28.5 Å². The highest BCUT2D eigenvalue weighted by Crippen LogP contribution is 2.38. The van der Waals surface area contributed by atoms with Gasteiger partial charge in [-0.05, 0) is 30.4 Å². The summed E-state index contributed by atoms with van der Waals surface area (Å²) in [5, 5.41) is 12.6. The van der Waals surface area contributed by atoms with Crippen LogP contribution in [0.5, 0.6) is 0 Å². The lowest BCUT2D eigenvalue weighted by Crippen LogP contribution is -2.41. The Morgan fingerprint density at radius 3 is 2.61 bits per heavy atom. The van der Waals surface area contributed by atoms with Crippen molar-refractivity contribution in [3.05, 3.63) is 70.6 Å². The van der Waals surface area contributed by atoms with E-state index in [2.05, 4.69) is 0 Å². The van der Waals surface area contributed by atoms with Crippen molar-refractivity contribution in [2.24, 2.45) is 5.92 Å². The van der Waals surface area contributed by atoms with Crippen LogP contribution in [0.2, 0.25) is 5.02 Å². The SMILES string of the molecule is O=C(O)CC1C(=O)N(c2nc(-c3ccccc3Cl)cs2)CCCCC1c1ccccc1. The molecule has 4 rings (SSSR count). The molecular weight excluding hydrogens is 432 g/mol. The first-order valence-corrected chi connectivity index (χ1v) is 11.6. The summed E-state index contributed by atoms with van der Waals surface area (Å²) in [7, 11) is 0. The summed E-state index contributed by atoms with van der Waals surface area (Å²) < 4.78 is 0. The maximum absolute atomic E-state index is 13.6. The largest absolute Gasteiger partial charge is 0.481 e. The monoisotopic (exact) mass is 454 g/mol. The highest BCUT2D eigenvalue weighted by atomic mass is 35.5. The van der Waals surface area contributed by atoms with E-state index < -0.39 is 11.9 Å². The first kappa shape index (κ1) is 21.5. The number of carbonyl (C=O) groups is 2. The van der Waals surface area contributed by atoms with Gasteiger partial charge in [-0.1, -0.05) is 66.6 Å². The average molecular weight is 455 g/mol. The predicted octanol–water partition coefficient (Wildman–Crippen LogP) is 5.86. The third-order valence-electron chi connectivity index (χ3n) is 5.71. The van der Waals surface area contributed by atoms with Crippen molar-refractivity contribution in [1.29, 1.82) is 0 Å². The number of rotatable bonds is 5. The van der Waals surface area contributed by atoms with Crippen LogP contribution in [0.3, 0.4) is 0 Å².